The van der Waals surface area contributed by atoms with Crippen LogP contribution in [-0.2, 0) is 14.6 Å². The van der Waals surface area contributed by atoms with Crippen LogP contribution in [0.2, 0.25) is 0 Å². The maximum atomic E-state index is 11.7. The van der Waals surface area contributed by atoms with Gasteiger partial charge in [0, 0.05) is 24.2 Å². The first-order chi connectivity index (χ1) is 8.84. The number of carbonyl (C=O) groups is 1. The van der Waals surface area contributed by atoms with Crippen molar-refractivity contribution in [2.45, 2.75) is 31.1 Å². The average molecular weight is 304 g/mol. The molecule has 0 atom stereocenters. The van der Waals surface area contributed by atoms with E-state index in [-0.39, 0.29) is 10.8 Å². The second-order valence-electron chi connectivity index (χ2n) is 4.44. The molecular weight excluding hydrogens is 286 g/mol. The minimum Gasteiger partial charge on any atom is -0.326 e. The molecule has 1 amide bonds. The summed E-state index contributed by atoms with van der Waals surface area (Å²) >= 11 is 5.54. The van der Waals surface area contributed by atoms with E-state index in [0.717, 1.165) is 24.7 Å². The number of nitrogens with one attached hydrogen (secondary N) is 1. The number of hydrogen-bond donors (Lipinski definition) is 1. The summed E-state index contributed by atoms with van der Waals surface area (Å²) < 4.78 is 22.9. The Morgan fingerprint density at radius 1 is 1.32 bits per heavy atom. The molecule has 6 heteroatoms. The molecule has 0 fully saturated rings. The van der Waals surface area contributed by atoms with Gasteiger partial charge in [-0.1, -0.05) is 6.07 Å². The number of carbonyl (C=O) groups excluding carboxylic acids is 1. The predicted octanol–water partition coefficient (Wildman–Crippen LogP) is 2.75. The molecule has 0 aliphatic rings. The summed E-state index contributed by atoms with van der Waals surface area (Å²) in [6.45, 7) is 1.82. The number of halogens is 1. The van der Waals surface area contributed by atoms with E-state index in [1.54, 1.807) is 6.07 Å². The number of unbranched alkanes of at least 4 members (excludes halogenated alkanes) is 1. The summed E-state index contributed by atoms with van der Waals surface area (Å²) in [5.41, 5.74) is 1.37. The lowest BCUT2D eigenvalue weighted by atomic mass is 10.2. The van der Waals surface area contributed by atoms with Crippen molar-refractivity contribution < 1.29 is 13.2 Å². The number of benzene rings is 1. The van der Waals surface area contributed by atoms with E-state index in [2.05, 4.69) is 5.32 Å². The number of sulfone groups is 1. The van der Waals surface area contributed by atoms with Crippen molar-refractivity contribution in [2.24, 2.45) is 0 Å². The van der Waals surface area contributed by atoms with Crippen LogP contribution in [0.25, 0.3) is 0 Å². The van der Waals surface area contributed by atoms with Crippen LogP contribution in [0.15, 0.2) is 23.1 Å². The zero-order valence-corrected chi connectivity index (χ0v) is 12.6. The Bertz CT molecular complexity index is 555. The van der Waals surface area contributed by atoms with Gasteiger partial charge in [0.05, 0.1) is 4.90 Å². The molecule has 4 nitrogen and oxygen atoms in total. The number of hydrogen-bond acceptors (Lipinski definition) is 3. The Labute approximate surface area is 119 Å². The summed E-state index contributed by atoms with van der Waals surface area (Å²) in [6, 6.07) is 4.71. The van der Waals surface area contributed by atoms with Crippen LogP contribution in [-0.4, -0.2) is 26.5 Å². The SMILES string of the molecule is Cc1ccc(S(C)(=O)=O)cc1NC(=O)CCCCCl. The van der Waals surface area contributed by atoms with Gasteiger partial charge in [0.2, 0.25) is 5.91 Å². The van der Waals surface area contributed by atoms with Crippen LogP contribution < -0.4 is 5.32 Å². The fourth-order valence-electron chi connectivity index (χ4n) is 1.56. The summed E-state index contributed by atoms with van der Waals surface area (Å²) in [5, 5.41) is 2.74. The molecule has 0 saturated carbocycles. The molecule has 0 aliphatic heterocycles. The Hall–Kier alpha value is -1.07. The molecule has 1 aromatic rings. The Balaban J connectivity index is 2.80. The van der Waals surface area contributed by atoms with Crippen LogP contribution in [0.1, 0.15) is 24.8 Å². The van der Waals surface area contributed by atoms with Crippen molar-refractivity contribution in [2.75, 3.05) is 17.5 Å². The Morgan fingerprint density at radius 3 is 2.58 bits per heavy atom. The first-order valence-electron chi connectivity index (χ1n) is 6.01. The van der Waals surface area contributed by atoms with Gasteiger partial charge in [-0.25, -0.2) is 8.42 Å². The van der Waals surface area contributed by atoms with E-state index in [0.29, 0.717) is 18.0 Å². The molecule has 0 unspecified atom stereocenters. The van der Waals surface area contributed by atoms with Crippen LogP contribution in [0, 0.1) is 6.92 Å². The summed E-state index contributed by atoms with van der Waals surface area (Å²) in [4.78, 5) is 11.9. The normalized spacial score (nSPS) is 11.3. The standard InChI is InChI=1S/C13H18ClNO3S/c1-10-6-7-11(19(2,17)18)9-12(10)15-13(16)5-3-4-8-14/h6-7,9H,3-5,8H2,1-2H3,(H,15,16). The van der Waals surface area contributed by atoms with Crippen LogP contribution in [0.3, 0.4) is 0 Å². The highest BCUT2D eigenvalue weighted by atomic mass is 35.5. The molecule has 0 saturated heterocycles. The minimum atomic E-state index is -3.27. The molecule has 0 spiro atoms. The lowest BCUT2D eigenvalue weighted by Crippen LogP contribution is -2.12. The highest BCUT2D eigenvalue weighted by Crippen LogP contribution is 2.20. The lowest BCUT2D eigenvalue weighted by molar-refractivity contribution is -0.116. The van der Waals surface area contributed by atoms with Crippen molar-refractivity contribution in [1.29, 1.82) is 0 Å². The topological polar surface area (TPSA) is 63.2 Å². The van der Waals surface area contributed by atoms with E-state index in [1.165, 1.54) is 12.1 Å². The first-order valence-corrected chi connectivity index (χ1v) is 8.43. The molecule has 0 aromatic heterocycles. The average Bonchev–Trinajstić information content (AvgIpc) is 2.31. The van der Waals surface area contributed by atoms with Crippen LogP contribution in [0.5, 0.6) is 0 Å². The molecule has 1 N–H and O–H groups in total. The zero-order chi connectivity index (χ0) is 14.5. The highest BCUT2D eigenvalue weighted by molar-refractivity contribution is 7.90. The molecule has 1 aromatic carbocycles. The summed E-state index contributed by atoms with van der Waals surface area (Å²) in [7, 11) is -3.27. The van der Waals surface area contributed by atoms with Gasteiger partial charge in [-0.2, -0.15) is 0 Å². The van der Waals surface area contributed by atoms with Gasteiger partial charge in [0.25, 0.3) is 0 Å². The second kappa shape index (κ2) is 6.91. The Kier molecular flexibility index (Phi) is 5.82. The molecule has 1 rings (SSSR count). The first kappa shape index (κ1) is 16.0. The van der Waals surface area contributed by atoms with E-state index in [1.807, 2.05) is 6.92 Å². The van der Waals surface area contributed by atoms with Crippen LogP contribution in [0.4, 0.5) is 5.69 Å². The van der Waals surface area contributed by atoms with Crippen molar-refractivity contribution in [3.63, 3.8) is 0 Å². The van der Waals surface area contributed by atoms with Crippen molar-refractivity contribution in [3.05, 3.63) is 23.8 Å². The molecular formula is C13H18ClNO3S. The lowest BCUT2D eigenvalue weighted by Gasteiger charge is -2.10. The molecule has 0 bridgehead atoms. The van der Waals surface area contributed by atoms with Gasteiger partial charge in [-0.05, 0) is 37.5 Å². The largest absolute Gasteiger partial charge is 0.326 e. The fourth-order valence-corrected chi connectivity index (χ4v) is 2.40. The van der Waals surface area contributed by atoms with Gasteiger partial charge in [-0.15, -0.1) is 11.6 Å². The van der Waals surface area contributed by atoms with Gasteiger partial charge in [-0.3, -0.25) is 4.79 Å². The maximum absolute atomic E-state index is 11.7. The van der Waals surface area contributed by atoms with Gasteiger partial charge < -0.3 is 5.32 Å². The second-order valence-corrected chi connectivity index (χ2v) is 6.84. The van der Waals surface area contributed by atoms with E-state index < -0.39 is 9.84 Å². The molecule has 0 aliphatic carbocycles. The fraction of sp³-hybridized carbons (Fsp3) is 0.462. The molecule has 19 heavy (non-hydrogen) atoms. The van der Waals surface area contributed by atoms with Crippen molar-refractivity contribution >= 4 is 33.0 Å². The van der Waals surface area contributed by atoms with Gasteiger partial charge >= 0.3 is 0 Å². The summed E-state index contributed by atoms with van der Waals surface area (Å²) in [6.07, 6.45) is 3.04. The third-order valence-electron chi connectivity index (χ3n) is 2.70. The van der Waals surface area contributed by atoms with E-state index >= 15 is 0 Å². The van der Waals surface area contributed by atoms with Gasteiger partial charge in [0.1, 0.15) is 0 Å². The Morgan fingerprint density at radius 2 is 2.00 bits per heavy atom. The smallest absolute Gasteiger partial charge is 0.224 e. The highest BCUT2D eigenvalue weighted by Gasteiger charge is 2.11. The monoisotopic (exact) mass is 303 g/mol. The number of alkyl halides is 1. The number of amides is 1. The number of aryl methyl sites for hydroxylation is 1. The third kappa shape index (κ3) is 5.20. The van der Waals surface area contributed by atoms with Gasteiger partial charge in [0.15, 0.2) is 9.84 Å². The zero-order valence-electron chi connectivity index (χ0n) is 11.1. The van der Waals surface area contributed by atoms with E-state index in [9.17, 15) is 13.2 Å². The predicted molar refractivity (Wildman–Crippen MR) is 77.5 cm³/mol. The van der Waals surface area contributed by atoms with Crippen molar-refractivity contribution in [1.82, 2.24) is 0 Å². The van der Waals surface area contributed by atoms with E-state index in [4.69, 9.17) is 11.6 Å². The van der Waals surface area contributed by atoms with Crippen LogP contribution >= 0.6 is 11.6 Å². The molecule has 106 valence electrons. The maximum Gasteiger partial charge on any atom is 0.224 e. The quantitative estimate of drug-likeness (QED) is 0.649. The number of anilines is 1. The van der Waals surface area contributed by atoms with Crippen molar-refractivity contribution in [3.8, 4) is 0 Å². The minimum absolute atomic E-state index is 0.126. The number of rotatable bonds is 6. The summed E-state index contributed by atoms with van der Waals surface area (Å²) in [5.74, 6) is 0.412. The molecule has 0 heterocycles. The third-order valence-corrected chi connectivity index (χ3v) is 4.08. The molecule has 0 radical (unpaired) electrons.